The highest BCUT2D eigenvalue weighted by Gasteiger charge is 2.33. The van der Waals surface area contributed by atoms with Gasteiger partial charge in [0.25, 0.3) is 0 Å². The predicted molar refractivity (Wildman–Crippen MR) is 63.0 cm³/mol. The van der Waals surface area contributed by atoms with Gasteiger partial charge in [-0.2, -0.15) is 0 Å². The van der Waals surface area contributed by atoms with E-state index in [1.165, 1.54) is 32.1 Å². The van der Waals surface area contributed by atoms with Crippen LogP contribution in [0.15, 0.2) is 0 Å². The zero-order chi connectivity index (χ0) is 10.7. The van der Waals surface area contributed by atoms with Crippen molar-refractivity contribution in [1.82, 2.24) is 5.32 Å². The Morgan fingerprint density at radius 1 is 1.27 bits per heavy atom. The van der Waals surface area contributed by atoms with E-state index in [2.05, 4.69) is 19.2 Å². The molecule has 2 nitrogen and oxygen atoms in total. The minimum Gasteiger partial charge on any atom is -0.380 e. The first-order chi connectivity index (χ1) is 7.18. The monoisotopic (exact) mass is 211 g/mol. The third kappa shape index (κ3) is 3.46. The molecule has 88 valence electrons. The molecule has 0 aliphatic heterocycles. The minimum atomic E-state index is 0.497. The molecule has 0 saturated heterocycles. The van der Waals surface area contributed by atoms with Crippen molar-refractivity contribution in [3.05, 3.63) is 0 Å². The van der Waals surface area contributed by atoms with Crippen molar-refractivity contribution < 1.29 is 4.74 Å². The van der Waals surface area contributed by atoms with E-state index in [0.29, 0.717) is 11.5 Å². The largest absolute Gasteiger partial charge is 0.380 e. The van der Waals surface area contributed by atoms with Crippen LogP contribution in [0, 0.1) is 11.3 Å². The van der Waals surface area contributed by atoms with E-state index in [0.717, 1.165) is 25.7 Å². The molecule has 2 fully saturated rings. The topological polar surface area (TPSA) is 21.3 Å². The quantitative estimate of drug-likeness (QED) is 0.682. The normalized spacial score (nSPS) is 29.6. The Morgan fingerprint density at radius 2 is 2.07 bits per heavy atom. The Hall–Kier alpha value is -0.0800. The van der Waals surface area contributed by atoms with Crippen LogP contribution in [0.4, 0.5) is 0 Å². The van der Waals surface area contributed by atoms with Gasteiger partial charge in [-0.05, 0) is 37.0 Å². The summed E-state index contributed by atoms with van der Waals surface area (Å²) in [4.78, 5) is 0. The Bertz CT molecular complexity index is 199. The van der Waals surface area contributed by atoms with Crippen LogP contribution in [0.25, 0.3) is 0 Å². The van der Waals surface area contributed by atoms with Crippen LogP contribution in [0.2, 0.25) is 0 Å². The van der Waals surface area contributed by atoms with Crippen molar-refractivity contribution in [2.24, 2.45) is 11.3 Å². The standard InChI is InChI=1S/C13H25NO/c1-13(2)7-3-4-12(13)14-8-9-15-10-11-5-6-11/h11-12,14H,3-10H2,1-2H3/t12-/m0/s1. The molecular formula is C13H25NO. The van der Waals surface area contributed by atoms with E-state index in [4.69, 9.17) is 4.74 Å². The minimum absolute atomic E-state index is 0.497. The molecule has 2 rings (SSSR count). The lowest BCUT2D eigenvalue weighted by atomic mass is 9.87. The van der Waals surface area contributed by atoms with E-state index in [9.17, 15) is 0 Å². The Balaban J connectivity index is 1.52. The number of nitrogens with one attached hydrogen (secondary N) is 1. The van der Waals surface area contributed by atoms with E-state index in [1.54, 1.807) is 0 Å². The molecule has 0 heterocycles. The maximum absolute atomic E-state index is 5.62. The van der Waals surface area contributed by atoms with Crippen molar-refractivity contribution in [2.75, 3.05) is 19.8 Å². The SMILES string of the molecule is CC1(C)CCC[C@@H]1NCCOCC1CC1. The van der Waals surface area contributed by atoms with Gasteiger partial charge in [-0.25, -0.2) is 0 Å². The van der Waals surface area contributed by atoms with Gasteiger partial charge < -0.3 is 10.1 Å². The van der Waals surface area contributed by atoms with Crippen molar-refractivity contribution in [2.45, 2.75) is 52.0 Å². The average molecular weight is 211 g/mol. The smallest absolute Gasteiger partial charge is 0.0591 e. The van der Waals surface area contributed by atoms with E-state index < -0.39 is 0 Å². The molecule has 2 heteroatoms. The molecular weight excluding hydrogens is 186 g/mol. The van der Waals surface area contributed by atoms with Crippen LogP contribution in [0.3, 0.4) is 0 Å². The Labute approximate surface area is 93.8 Å². The second-order valence-electron chi connectivity index (χ2n) is 5.91. The van der Waals surface area contributed by atoms with Crippen LogP contribution in [-0.2, 0) is 4.74 Å². The van der Waals surface area contributed by atoms with Crippen molar-refractivity contribution in [1.29, 1.82) is 0 Å². The Kier molecular flexibility index (Phi) is 3.68. The third-order valence-electron chi connectivity index (χ3n) is 3.94. The fourth-order valence-electron chi connectivity index (χ4n) is 2.54. The van der Waals surface area contributed by atoms with Crippen LogP contribution in [0.1, 0.15) is 46.0 Å². The lowest BCUT2D eigenvalue weighted by Gasteiger charge is -2.27. The molecule has 0 aromatic heterocycles. The summed E-state index contributed by atoms with van der Waals surface area (Å²) in [5.74, 6) is 0.896. The summed E-state index contributed by atoms with van der Waals surface area (Å²) in [5.41, 5.74) is 0.497. The van der Waals surface area contributed by atoms with Gasteiger partial charge in [0.1, 0.15) is 0 Å². The van der Waals surface area contributed by atoms with Crippen LogP contribution in [0.5, 0.6) is 0 Å². The molecule has 1 atom stereocenters. The summed E-state index contributed by atoms with van der Waals surface area (Å²) in [6.45, 7) is 7.67. The molecule has 0 bridgehead atoms. The zero-order valence-electron chi connectivity index (χ0n) is 10.2. The third-order valence-corrected chi connectivity index (χ3v) is 3.94. The molecule has 0 aromatic rings. The van der Waals surface area contributed by atoms with Gasteiger partial charge in [0.05, 0.1) is 6.61 Å². The first-order valence-electron chi connectivity index (χ1n) is 6.49. The second kappa shape index (κ2) is 4.84. The molecule has 0 aromatic carbocycles. The first kappa shape index (κ1) is 11.4. The molecule has 0 radical (unpaired) electrons. The van der Waals surface area contributed by atoms with Crippen molar-refractivity contribution in [3.8, 4) is 0 Å². The number of hydrogen-bond acceptors (Lipinski definition) is 2. The van der Waals surface area contributed by atoms with Gasteiger partial charge in [-0.15, -0.1) is 0 Å². The maximum atomic E-state index is 5.62. The van der Waals surface area contributed by atoms with Gasteiger partial charge >= 0.3 is 0 Å². The van der Waals surface area contributed by atoms with Crippen molar-refractivity contribution >= 4 is 0 Å². The predicted octanol–water partition coefficient (Wildman–Crippen LogP) is 2.58. The summed E-state index contributed by atoms with van der Waals surface area (Å²) in [7, 11) is 0. The van der Waals surface area contributed by atoms with Crippen LogP contribution < -0.4 is 5.32 Å². The highest BCUT2D eigenvalue weighted by Crippen LogP contribution is 2.36. The summed E-state index contributed by atoms with van der Waals surface area (Å²) in [6, 6.07) is 0.710. The van der Waals surface area contributed by atoms with Crippen molar-refractivity contribution in [3.63, 3.8) is 0 Å². The summed E-state index contributed by atoms with van der Waals surface area (Å²) >= 11 is 0. The lowest BCUT2D eigenvalue weighted by molar-refractivity contribution is 0.120. The molecule has 2 aliphatic rings. The van der Waals surface area contributed by atoms with Crippen LogP contribution in [-0.4, -0.2) is 25.8 Å². The molecule has 0 spiro atoms. The first-order valence-corrected chi connectivity index (χ1v) is 6.49. The molecule has 2 aliphatic carbocycles. The van der Waals surface area contributed by atoms with E-state index >= 15 is 0 Å². The van der Waals surface area contributed by atoms with Gasteiger partial charge in [-0.3, -0.25) is 0 Å². The van der Waals surface area contributed by atoms with E-state index in [-0.39, 0.29) is 0 Å². The van der Waals surface area contributed by atoms with Gasteiger partial charge in [0, 0.05) is 19.2 Å². The summed E-state index contributed by atoms with van der Waals surface area (Å²) in [5, 5.41) is 3.64. The number of ether oxygens (including phenoxy) is 1. The summed E-state index contributed by atoms with van der Waals surface area (Å²) in [6.07, 6.45) is 6.88. The maximum Gasteiger partial charge on any atom is 0.0591 e. The highest BCUT2D eigenvalue weighted by molar-refractivity contribution is 4.89. The molecule has 0 unspecified atom stereocenters. The van der Waals surface area contributed by atoms with Crippen LogP contribution >= 0.6 is 0 Å². The Morgan fingerprint density at radius 3 is 2.67 bits per heavy atom. The molecule has 0 amide bonds. The molecule has 2 saturated carbocycles. The van der Waals surface area contributed by atoms with Gasteiger partial charge in [0.2, 0.25) is 0 Å². The highest BCUT2D eigenvalue weighted by atomic mass is 16.5. The number of rotatable bonds is 6. The molecule has 1 N–H and O–H groups in total. The fourth-order valence-corrected chi connectivity index (χ4v) is 2.54. The zero-order valence-corrected chi connectivity index (χ0v) is 10.2. The fraction of sp³-hybridized carbons (Fsp3) is 1.00. The average Bonchev–Trinajstić information content (AvgIpc) is 2.92. The number of hydrogen-bond donors (Lipinski definition) is 1. The van der Waals surface area contributed by atoms with E-state index in [1.807, 2.05) is 0 Å². The van der Waals surface area contributed by atoms with Gasteiger partial charge in [-0.1, -0.05) is 20.3 Å². The van der Waals surface area contributed by atoms with Gasteiger partial charge in [0.15, 0.2) is 0 Å². The second-order valence-corrected chi connectivity index (χ2v) is 5.91. The lowest BCUT2D eigenvalue weighted by Crippen LogP contribution is -2.39. The molecule has 15 heavy (non-hydrogen) atoms. The summed E-state index contributed by atoms with van der Waals surface area (Å²) < 4.78 is 5.62.